The van der Waals surface area contributed by atoms with Gasteiger partial charge in [-0.1, -0.05) is 0 Å². The topological polar surface area (TPSA) is 89.7 Å². The number of rotatable bonds is 4. The summed E-state index contributed by atoms with van der Waals surface area (Å²) in [6.45, 7) is 1.44. The summed E-state index contributed by atoms with van der Waals surface area (Å²) in [4.78, 5) is 11.5. The van der Waals surface area contributed by atoms with Crippen molar-refractivity contribution in [2.24, 2.45) is 11.7 Å². The summed E-state index contributed by atoms with van der Waals surface area (Å²) < 4.78 is 30.9. The molecule has 20 heavy (non-hydrogen) atoms. The van der Waals surface area contributed by atoms with Crippen molar-refractivity contribution in [2.75, 3.05) is 26.7 Å². The van der Waals surface area contributed by atoms with Crippen molar-refractivity contribution in [3.63, 3.8) is 0 Å². The van der Waals surface area contributed by atoms with Crippen LogP contribution in [0.3, 0.4) is 0 Å². The molecule has 7 heteroatoms. The number of carbonyl (C=O) groups is 1. The molecule has 1 saturated heterocycles. The molecule has 0 spiro atoms. The van der Waals surface area contributed by atoms with Gasteiger partial charge >= 0.3 is 5.97 Å². The lowest BCUT2D eigenvalue weighted by Crippen LogP contribution is -2.30. The van der Waals surface area contributed by atoms with Crippen LogP contribution < -0.4 is 5.73 Å². The van der Waals surface area contributed by atoms with Crippen LogP contribution in [0.1, 0.15) is 16.8 Å². The summed E-state index contributed by atoms with van der Waals surface area (Å²) in [5, 5.41) is 0. The monoisotopic (exact) mass is 298 g/mol. The van der Waals surface area contributed by atoms with Crippen molar-refractivity contribution < 1.29 is 17.9 Å². The highest BCUT2D eigenvalue weighted by atomic mass is 32.2. The third kappa shape index (κ3) is 2.84. The number of ether oxygens (including phenoxy) is 1. The predicted octanol–water partition coefficient (Wildman–Crippen LogP) is 0.443. The molecule has 0 aliphatic carbocycles. The first-order valence-corrected chi connectivity index (χ1v) is 7.81. The van der Waals surface area contributed by atoms with Crippen molar-refractivity contribution in [3.8, 4) is 0 Å². The van der Waals surface area contributed by atoms with E-state index in [1.54, 1.807) is 0 Å². The Balaban J connectivity index is 2.20. The Morgan fingerprint density at radius 1 is 1.40 bits per heavy atom. The smallest absolute Gasteiger partial charge is 0.337 e. The molecule has 1 heterocycles. The molecule has 1 unspecified atom stereocenters. The number of carbonyl (C=O) groups excluding carboxylic acids is 1. The average Bonchev–Trinajstić information content (AvgIpc) is 2.96. The second kappa shape index (κ2) is 5.90. The minimum Gasteiger partial charge on any atom is -0.465 e. The van der Waals surface area contributed by atoms with Crippen molar-refractivity contribution >= 4 is 16.0 Å². The van der Waals surface area contributed by atoms with Gasteiger partial charge in [0.15, 0.2) is 0 Å². The fraction of sp³-hybridized carbons (Fsp3) is 0.462. The van der Waals surface area contributed by atoms with Gasteiger partial charge in [-0.3, -0.25) is 0 Å². The molecule has 1 fully saturated rings. The van der Waals surface area contributed by atoms with Crippen molar-refractivity contribution in [3.05, 3.63) is 29.8 Å². The number of methoxy groups -OCH3 is 1. The lowest BCUT2D eigenvalue weighted by Gasteiger charge is -2.16. The van der Waals surface area contributed by atoms with E-state index in [4.69, 9.17) is 5.73 Å². The van der Waals surface area contributed by atoms with E-state index in [0.29, 0.717) is 25.2 Å². The van der Waals surface area contributed by atoms with E-state index < -0.39 is 16.0 Å². The summed E-state index contributed by atoms with van der Waals surface area (Å²) in [6, 6.07) is 5.76. The Bertz CT molecular complexity index is 583. The Morgan fingerprint density at radius 2 is 2.05 bits per heavy atom. The lowest BCUT2D eigenvalue weighted by atomic mass is 10.1. The predicted molar refractivity (Wildman–Crippen MR) is 73.7 cm³/mol. The molecular weight excluding hydrogens is 280 g/mol. The van der Waals surface area contributed by atoms with Crippen LogP contribution in [-0.4, -0.2) is 45.4 Å². The maximum Gasteiger partial charge on any atom is 0.337 e. The standard InChI is InChI=1S/C13H18N2O4S/c1-19-13(16)11-2-4-12(5-3-11)20(17,18)15-7-6-10(8-14)9-15/h2-5,10H,6-9,14H2,1H3. The van der Waals surface area contributed by atoms with Crippen LogP contribution in [0.5, 0.6) is 0 Å². The fourth-order valence-corrected chi connectivity index (χ4v) is 3.77. The zero-order valence-corrected chi connectivity index (χ0v) is 12.1. The van der Waals surface area contributed by atoms with Crippen LogP contribution in [0.25, 0.3) is 0 Å². The van der Waals surface area contributed by atoms with Crippen LogP contribution >= 0.6 is 0 Å². The van der Waals surface area contributed by atoms with Gasteiger partial charge in [0.05, 0.1) is 17.6 Å². The summed E-state index contributed by atoms with van der Waals surface area (Å²) >= 11 is 0. The third-order valence-electron chi connectivity index (χ3n) is 3.50. The number of benzene rings is 1. The fourth-order valence-electron chi connectivity index (χ4n) is 2.24. The molecule has 1 aliphatic heterocycles. The van der Waals surface area contributed by atoms with Crippen LogP contribution in [0, 0.1) is 5.92 Å². The SMILES string of the molecule is COC(=O)c1ccc(S(=O)(=O)N2CCC(CN)C2)cc1. The van der Waals surface area contributed by atoms with Crippen LogP contribution in [0.4, 0.5) is 0 Å². The number of hydrogen-bond acceptors (Lipinski definition) is 5. The summed E-state index contributed by atoms with van der Waals surface area (Å²) in [5.41, 5.74) is 5.90. The summed E-state index contributed by atoms with van der Waals surface area (Å²) in [7, 11) is -2.22. The van der Waals surface area contributed by atoms with Crippen molar-refractivity contribution in [1.29, 1.82) is 0 Å². The first kappa shape index (κ1) is 15.0. The minimum atomic E-state index is -3.51. The van der Waals surface area contributed by atoms with Crippen LogP contribution in [0.15, 0.2) is 29.2 Å². The normalized spacial score (nSPS) is 20.0. The molecule has 1 aromatic carbocycles. The Labute approximate surface area is 118 Å². The zero-order chi connectivity index (χ0) is 14.8. The van der Waals surface area contributed by atoms with E-state index >= 15 is 0 Å². The van der Waals surface area contributed by atoms with Gasteiger partial charge in [0.1, 0.15) is 0 Å². The molecule has 110 valence electrons. The molecule has 1 aromatic rings. The molecule has 0 bridgehead atoms. The van der Waals surface area contributed by atoms with E-state index in [1.807, 2.05) is 0 Å². The van der Waals surface area contributed by atoms with E-state index in [0.717, 1.165) is 6.42 Å². The molecule has 1 atom stereocenters. The third-order valence-corrected chi connectivity index (χ3v) is 5.37. The molecule has 2 rings (SSSR count). The molecule has 2 N–H and O–H groups in total. The number of hydrogen-bond donors (Lipinski definition) is 1. The number of nitrogens with two attached hydrogens (primary N) is 1. The molecule has 0 radical (unpaired) electrons. The van der Waals surface area contributed by atoms with Gasteiger partial charge in [0.25, 0.3) is 0 Å². The Morgan fingerprint density at radius 3 is 2.55 bits per heavy atom. The summed E-state index contributed by atoms with van der Waals surface area (Å²) in [5.74, 6) is -0.266. The quantitative estimate of drug-likeness (QED) is 0.815. The Kier molecular flexibility index (Phi) is 4.42. The van der Waals surface area contributed by atoms with E-state index in [2.05, 4.69) is 4.74 Å². The van der Waals surface area contributed by atoms with E-state index in [9.17, 15) is 13.2 Å². The van der Waals surface area contributed by atoms with Gasteiger partial charge in [0.2, 0.25) is 10.0 Å². The molecule has 1 aliphatic rings. The van der Waals surface area contributed by atoms with Crippen LogP contribution in [-0.2, 0) is 14.8 Å². The summed E-state index contributed by atoms with van der Waals surface area (Å²) in [6.07, 6.45) is 0.788. The Hall–Kier alpha value is -1.44. The average molecular weight is 298 g/mol. The molecular formula is C13H18N2O4S. The maximum atomic E-state index is 12.4. The molecule has 0 aromatic heterocycles. The molecule has 6 nitrogen and oxygen atoms in total. The van der Waals surface area contributed by atoms with E-state index in [1.165, 1.54) is 35.7 Å². The zero-order valence-electron chi connectivity index (χ0n) is 11.3. The van der Waals surface area contributed by atoms with Gasteiger partial charge in [-0.2, -0.15) is 4.31 Å². The minimum absolute atomic E-state index is 0.183. The van der Waals surface area contributed by atoms with Crippen LogP contribution in [0.2, 0.25) is 0 Å². The van der Waals surface area contributed by atoms with Crippen molar-refractivity contribution in [1.82, 2.24) is 4.31 Å². The first-order chi connectivity index (χ1) is 9.48. The first-order valence-electron chi connectivity index (χ1n) is 6.37. The highest BCUT2D eigenvalue weighted by Gasteiger charge is 2.31. The van der Waals surface area contributed by atoms with Gasteiger partial charge in [-0.05, 0) is 43.1 Å². The number of sulfonamides is 1. The van der Waals surface area contributed by atoms with Gasteiger partial charge in [0, 0.05) is 13.1 Å². The molecule has 0 saturated carbocycles. The second-order valence-corrected chi connectivity index (χ2v) is 6.71. The lowest BCUT2D eigenvalue weighted by molar-refractivity contribution is 0.0600. The van der Waals surface area contributed by atoms with Gasteiger partial charge in [-0.15, -0.1) is 0 Å². The highest BCUT2D eigenvalue weighted by Crippen LogP contribution is 2.24. The largest absolute Gasteiger partial charge is 0.465 e. The number of esters is 1. The highest BCUT2D eigenvalue weighted by molar-refractivity contribution is 7.89. The maximum absolute atomic E-state index is 12.4. The molecule has 0 amide bonds. The van der Waals surface area contributed by atoms with E-state index in [-0.39, 0.29) is 10.8 Å². The van der Waals surface area contributed by atoms with Gasteiger partial charge in [-0.25, -0.2) is 13.2 Å². The van der Waals surface area contributed by atoms with Gasteiger partial charge < -0.3 is 10.5 Å². The second-order valence-electron chi connectivity index (χ2n) is 4.77. The van der Waals surface area contributed by atoms with Crippen molar-refractivity contribution in [2.45, 2.75) is 11.3 Å². The number of nitrogens with zero attached hydrogens (tertiary/aromatic N) is 1.